The highest BCUT2D eigenvalue weighted by Gasteiger charge is 2.47. The Morgan fingerprint density at radius 3 is 2.65 bits per heavy atom. The maximum Gasteiger partial charge on any atom is 0.0937 e. The molecule has 1 spiro atoms. The van der Waals surface area contributed by atoms with Gasteiger partial charge in [-0.2, -0.15) is 0 Å². The van der Waals surface area contributed by atoms with Gasteiger partial charge in [-0.1, -0.05) is 0 Å². The molecule has 0 bridgehead atoms. The number of pyridine rings is 1. The molecule has 1 unspecified atom stereocenters. The van der Waals surface area contributed by atoms with Crippen molar-refractivity contribution >= 4 is 0 Å². The van der Waals surface area contributed by atoms with Gasteiger partial charge in [0.2, 0.25) is 0 Å². The normalized spacial score (nSPS) is 26.7. The van der Waals surface area contributed by atoms with Gasteiger partial charge in [0, 0.05) is 65.1 Å². The van der Waals surface area contributed by atoms with E-state index in [9.17, 15) is 0 Å². The topological polar surface area (TPSA) is 43.8 Å². The molecule has 0 amide bonds. The molecule has 1 aromatic heterocycles. The highest BCUT2D eigenvalue weighted by atomic mass is 16.5. The second kappa shape index (κ2) is 8.79. The van der Waals surface area contributed by atoms with Crippen molar-refractivity contribution in [3.05, 3.63) is 30.1 Å². The van der Waals surface area contributed by atoms with Crippen molar-refractivity contribution in [2.24, 2.45) is 11.8 Å². The van der Waals surface area contributed by atoms with Crippen LogP contribution in [0.4, 0.5) is 0 Å². The van der Waals surface area contributed by atoms with Gasteiger partial charge in [-0.15, -0.1) is 0 Å². The van der Waals surface area contributed by atoms with Gasteiger partial charge in [0.1, 0.15) is 0 Å². The molecule has 0 aliphatic carbocycles. The van der Waals surface area contributed by atoms with Crippen LogP contribution in [0, 0.1) is 11.8 Å². The van der Waals surface area contributed by atoms with Crippen LogP contribution >= 0.6 is 0 Å². The predicted octanol–water partition coefficient (Wildman–Crippen LogP) is 2.90. The summed E-state index contributed by atoms with van der Waals surface area (Å²) in [4.78, 5) is 6.58. The Hall–Kier alpha value is -1.01. The summed E-state index contributed by atoms with van der Waals surface area (Å²) in [5.41, 5.74) is 1.44. The highest BCUT2D eigenvalue weighted by Crippen LogP contribution is 2.38. The quantitative estimate of drug-likeness (QED) is 0.700. The van der Waals surface area contributed by atoms with Crippen LogP contribution in [0.1, 0.15) is 37.7 Å². The summed E-state index contributed by atoms with van der Waals surface area (Å²) in [6, 6.07) is 4.20. The van der Waals surface area contributed by atoms with Crippen molar-refractivity contribution in [3.8, 4) is 0 Å². The van der Waals surface area contributed by atoms with Crippen molar-refractivity contribution in [2.75, 3.05) is 46.1 Å². The first-order valence-corrected chi connectivity index (χ1v) is 10.2. The molecule has 3 saturated heterocycles. The van der Waals surface area contributed by atoms with Crippen molar-refractivity contribution in [3.63, 3.8) is 0 Å². The minimum absolute atomic E-state index is 0.108. The molecule has 3 fully saturated rings. The third-order valence-electron chi connectivity index (χ3n) is 6.14. The third-order valence-corrected chi connectivity index (χ3v) is 6.14. The van der Waals surface area contributed by atoms with Gasteiger partial charge < -0.3 is 14.2 Å². The molecule has 4 heterocycles. The average Bonchev–Trinajstić information content (AvgIpc) is 2.66. The van der Waals surface area contributed by atoms with E-state index < -0.39 is 0 Å². The molecule has 3 aliphatic rings. The van der Waals surface area contributed by atoms with Crippen molar-refractivity contribution in [1.29, 1.82) is 0 Å². The molecule has 4 rings (SSSR count). The van der Waals surface area contributed by atoms with Crippen molar-refractivity contribution in [2.45, 2.75) is 44.2 Å². The SMILES string of the molecule is c1cc(CN2CC3(CC(CCOCC4CCOCC4)CCO3)C2)ccn1. The minimum atomic E-state index is 0.108. The van der Waals surface area contributed by atoms with Gasteiger partial charge in [0.05, 0.1) is 5.60 Å². The number of nitrogens with zero attached hydrogens (tertiary/aromatic N) is 2. The maximum atomic E-state index is 6.19. The van der Waals surface area contributed by atoms with Gasteiger partial charge in [-0.3, -0.25) is 9.88 Å². The van der Waals surface area contributed by atoms with Gasteiger partial charge in [-0.05, 0) is 61.6 Å². The number of ether oxygens (including phenoxy) is 3. The van der Waals surface area contributed by atoms with Crippen LogP contribution in [-0.2, 0) is 20.8 Å². The molecule has 3 aliphatic heterocycles. The summed E-state index contributed by atoms with van der Waals surface area (Å²) >= 11 is 0. The van der Waals surface area contributed by atoms with Gasteiger partial charge in [0.25, 0.3) is 0 Å². The van der Waals surface area contributed by atoms with E-state index >= 15 is 0 Å². The lowest BCUT2D eigenvalue weighted by Gasteiger charge is -2.53. The molecule has 0 radical (unpaired) electrons. The molecule has 1 aromatic rings. The van der Waals surface area contributed by atoms with E-state index in [4.69, 9.17) is 14.2 Å². The Balaban J connectivity index is 1.14. The minimum Gasteiger partial charge on any atom is -0.381 e. The summed E-state index contributed by atoms with van der Waals surface area (Å²) in [7, 11) is 0. The van der Waals surface area contributed by atoms with Crippen LogP contribution in [0.5, 0.6) is 0 Å². The number of hydrogen-bond donors (Lipinski definition) is 0. The van der Waals surface area contributed by atoms with Crippen molar-refractivity contribution in [1.82, 2.24) is 9.88 Å². The highest BCUT2D eigenvalue weighted by molar-refractivity contribution is 5.12. The first-order chi connectivity index (χ1) is 12.8. The van der Waals surface area contributed by atoms with E-state index in [1.807, 2.05) is 12.4 Å². The first-order valence-electron chi connectivity index (χ1n) is 10.2. The average molecular weight is 360 g/mol. The molecule has 1 atom stereocenters. The van der Waals surface area contributed by atoms with E-state index in [2.05, 4.69) is 22.0 Å². The zero-order valence-corrected chi connectivity index (χ0v) is 15.8. The van der Waals surface area contributed by atoms with Gasteiger partial charge >= 0.3 is 0 Å². The second-order valence-electron chi connectivity index (χ2n) is 8.31. The maximum absolute atomic E-state index is 6.19. The molecular weight excluding hydrogens is 328 g/mol. The fourth-order valence-electron chi connectivity index (χ4n) is 4.64. The Labute approximate surface area is 157 Å². The Bertz CT molecular complexity index is 541. The third kappa shape index (κ3) is 4.83. The lowest BCUT2D eigenvalue weighted by atomic mass is 9.79. The Kier molecular flexibility index (Phi) is 6.20. The summed E-state index contributed by atoms with van der Waals surface area (Å²) in [5.74, 6) is 1.46. The lowest BCUT2D eigenvalue weighted by Crippen LogP contribution is -2.64. The molecule has 5 heteroatoms. The predicted molar refractivity (Wildman–Crippen MR) is 99.9 cm³/mol. The molecular formula is C21H32N2O3. The van der Waals surface area contributed by atoms with E-state index in [1.165, 1.54) is 24.8 Å². The monoisotopic (exact) mass is 360 g/mol. The molecule has 5 nitrogen and oxygen atoms in total. The van der Waals surface area contributed by atoms with E-state index in [-0.39, 0.29) is 5.60 Å². The van der Waals surface area contributed by atoms with Crippen LogP contribution in [0.3, 0.4) is 0 Å². The molecule has 0 aromatic carbocycles. The smallest absolute Gasteiger partial charge is 0.0937 e. The first kappa shape index (κ1) is 18.4. The van der Waals surface area contributed by atoms with Gasteiger partial charge in [0.15, 0.2) is 0 Å². The fourth-order valence-corrected chi connectivity index (χ4v) is 4.64. The van der Waals surface area contributed by atoms with Crippen LogP contribution in [0.2, 0.25) is 0 Å². The van der Waals surface area contributed by atoms with E-state index in [1.54, 1.807) is 0 Å². The molecule has 0 N–H and O–H groups in total. The summed E-state index contributed by atoms with van der Waals surface area (Å²) < 4.78 is 17.6. The van der Waals surface area contributed by atoms with Crippen LogP contribution in [0.15, 0.2) is 24.5 Å². The molecule has 0 saturated carbocycles. The molecule has 144 valence electrons. The standard InChI is InChI=1S/C21H32N2O3/c1-7-22-8-2-19(1)14-23-16-21(17-23)13-18(6-12-26-21)3-11-25-15-20-4-9-24-10-5-20/h1-2,7-8,18,20H,3-6,9-17H2. The second-order valence-corrected chi connectivity index (χ2v) is 8.31. The molecule has 26 heavy (non-hydrogen) atoms. The van der Waals surface area contributed by atoms with E-state index in [0.717, 1.165) is 71.4 Å². The van der Waals surface area contributed by atoms with Crippen LogP contribution in [0.25, 0.3) is 0 Å². The summed E-state index contributed by atoms with van der Waals surface area (Å²) in [6.07, 6.45) is 9.63. The van der Waals surface area contributed by atoms with Crippen LogP contribution in [-0.4, -0.2) is 61.6 Å². The summed E-state index contributed by atoms with van der Waals surface area (Å²) in [5, 5.41) is 0. The Morgan fingerprint density at radius 2 is 1.85 bits per heavy atom. The number of hydrogen-bond acceptors (Lipinski definition) is 5. The largest absolute Gasteiger partial charge is 0.381 e. The lowest BCUT2D eigenvalue weighted by molar-refractivity contribution is -0.182. The number of likely N-dealkylation sites (tertiary alicyclic amines) is 1. The van der Waals surface area contributed by atoms with Gasteiger partial charge in [-0.25, -0.2) is 0 Å². The zero-order valence-electron chi connectivity index (χ0n) is 15.8. The van der Waals surface area contributed by atoms with Crippen LogP contribution < -0.4 is 0 Å². The summed E-state index contributed by atoms with van der Waals surface area (Å²) in [6.45, 7) is 7.68. The zero-order chi connectivity index (χ0) is 17.7. The number of aromatic nitrogens is 1. The number of rotatable bonds is 7. The fraction of sp³-hybridized carbons (Fsp3) is 0.762. The Morgan fingerprint density at radius 1 is 1.08 bits per heavy atom. The van der Waals surface area contributed by atoms with Crippen molar-refractivity contribution < 1.29 is 14.2 Å². The van der Waals surface area contributed by atoms with E-state index in [0.29, 0.717) is 5.92 Å².